The molecule has 3 aromatic rings. The number of hydrogen-bond acceptors (Lipinski definition) is 4. The molecule has 0 fully saturated rings. The Kier molecular flexibility index (Phi) is 5.97. The molecule has 1 heterocycles. The number of alkyl halides is 3. The Labute approximate surface area is 168 Å². The Morgan fingerprint density at radius 1 is 1.00 bits per heavy atom. The molecule has 0 saturated carbocycles. The molecule has 0 aliphatic heterocycles. The first kappa shape index (κ1) is 20.5. The van der Waals surface area contributed by atoms with Crippen molar-refractivity contribution in [2.45, 2.75) is 19.5 Å². The average Bonchev–Trinajstić information content (AvgIpc) is 3.10. The molecule has 0 unspecified atom stereocenters. The van der Waals surface area contributed by atoms with Gasteiger partial charge < -0.3 is 10.6 Å². The predicted molar refractivity (Wildman–Crippen MR) is 106 cm³/mol. The number of halogens is 3. The van der Waals surface area contributed by atoms with Gasteiger partial charge in [0.25, 0.3) is 0 Å². The summed E-state index contributed by atoms with van der Waals surface area (Å²) in [6.45, 7) is 1.42. The quantitative estimate of drug-likeness (QED) is 0.614. The lowest BCUT2D eigenvalue weighted by Crippen LogP contribution is -2.14. The molecule has 2 N–H and O–H groups in total. The first-order valence-corrected chi connectivity index (χ1v) is 9.38. The number of amides is 2. The van der Waals surface area contributed by atoms with E-state index >= 15 is 0 Å². The minimum Gasteiger partial charge on any atom is -0.326 e. The third-order valence-electron chi connectivity index (χ3n) is 3.90. The largest absolute Gasteiger partial charge is 0.416 e. The summed E-state index contributed by atoms with van der Waals surface area (Å²) >= 11 is 1.24. The lowest BCUT2D eigenvalue weighted by Gasteiger charge is -2.07. The molecule has 0 spiro atoms. The molecule has 0 bridgehead atoms. The van der Waals surface area contributed by atoms with Crippen molar-refractivity contribution in [1.82, 2.24) is 4.98 Å². The fourth-order valence-corrected chi connectivity index (χ4v) is 3.29. The van der Waals surface area contributed by atoms with Crippen LogP contribution in [0.2, 0.25) is 0 Å². The van der Waals surface area contributed by atoms with Crippen LogP contribution < -0.4 is 10.6 Å². The number of rotatable bonds is 5. The molecule has 2 amide bonds. The summed E-state index contributed by atoms with van der Waals surface area (Å²) in [5.74, 6) is -0.531. The van der Waals surface area contributed by atoms with E-state index in [0.717, 1.165) is 17.7 Å². The first-order chi connectivity index (χ1) is 13.7. The third-order valence-corrected chi connectivity index (χ3v) is 4.66. The number of carbonyl (C=O) groups excluding carboxylic acids is 2. The highest BCUT2D eigenvalue weighted by molar-refractivity contribution is 7.14. The highest BCUT2D eigenvalue weighted by Crippen LogP contribution is 2.29. The molecule has 0 saturated heterocycles. The smallest absolute Gasteiger partial charge is 0.326 e. The number of benzene rings is 2. The van der Waals surface area contributed by atoms with Gasteiger partial charge in [-0.1, -0.05) is 24.3 Å². The monoisotopic (exact) mass is 419 g/mol. The van der Waals surface area contributed by atoms with Gasteiger partial charge in [-0.05, 0) is 29.8 Å². The highest BCUT2D eigenvalue weighted by atomic mass is 32.1. The minimum atomic E-state index is -4.40. The van der Waals surface area contributed by atoms with Gasteiger partial charge in [0.05, 0.1) is 17.7 Å². The zero-order valence-electron chi connectivity index (χ0n) is 15.2. The normalized spacial score (nSPS) is 11.2. The summed E-state index contributed by atoms with van der Waals surface area (Å²) in [6, 6.07) is 11.6. The van der Waals surface area contributed by atoms with E-state index in [9.17, 15) is 22.8 Å². The van der Waals surface area contributed by atoms with E-state index in [1.165, 1.54) is 30.4 Å². The Hall–Kier alpha value is -3.20. The molecule has 5 nitrogen and oxygen atoms in total. The maximum atomic E-state index is 12.6. The Balaban J connectivity index is 1.61. The summed E-state index contributed by atoms with van der Waals surface area (Å²) in [5.41, 5.74) is 1.87. The number of anilines is 2. The summed E-state index contributed by atoms with van der Waals surface area (Å²) < 4.78 is 37.8. The highest BCUT2D eigenvalue weighted by Gasteiger charge is 2.29. The molecular weight excluding hydrogens is 403 g/mol. The number of nitrogens with one attached hydrogen (secondary N) is 2. The second kappa shape index (κ2) is 8.44. The van der Waals surface area contributed by atoms with Crippen LogP contribution in [0.5, 0.6) is 0 Å². The van der Waals surface area contributed by atoms with E-state index in [2.05, 4.69) is 15.6 Å². The second-order valence-corrected chi connectivity index (χ2v) is 7.07. The van der Waals surface area contributed by atoms with Crippen molar-refractivity contribution in [1.29, 1.82) is 0 Å². The van der Waals surface area contributed by atoms with E-state index in [4.69, 9.17) is 0 Å². The van der Waals surface area contributed by atoms with Crippen molar-refractivity contribution in [3.8, 4) is 11.3 Å². The van der Waals surface area contributed by atoms with Gasteiger partial charge in [0.1, 0.15) is 0 Å². The number of carbonyl (C=O) groups is 2. The van der Waals surface area contributed by atoms with Crippen molar-refractivity contribution in [3.63, 3.8) is 0 Å². The van der Waals surface area contributed by atoms with E-state index in [1.807, 2.05) is 0 Å². The fourth-order valence-electron chi connectivity index (χ4n) is 2.55. The van der Waals surface area contributed by atoms with Crippen LogP contribution in [0.3, 0.4) is 0 Å². The van der Waals surface area contributed by atoms with Crippen LogP contribution in [0.1, 0.15) is 18.1 Å². The molecule has 3 rings (SSSR count). The van der Waals surface area contributed by atoms with Gasteiger partial charge in [0, 0.05) is 23.6 Å². The van der Waals surface area contributed by atoms with Crippen LogP contribution in [-0.4, -0.2) is 16.8 Å². The van der Waals surface area contributed by atoms with Gasteiger partial charge in [-0.25, -0.2) is 4.98 Å². The second-order valence-electron chi connectivity index (χ2n) is 6.22. The topological polar surface area (TPSA) is 71.1 Å². The number of nitrogens with zero attached hydrogens (tertiary/aromatic N) is 1. The van der Waals surface area contributed by atoms with Crippen molar-refractivity contribution in [2.75, 3.05) is 10.6 Å². The van der Waals surface area contributed by atoms with Crippen molar-refractivity contribution < 1.29 is 22.8 Å². The minimum absolute atomic E-state index is 0.0571. The number of thiazole rings is 1. The predicted octanol–water partition coefficient (Wildman–Crippen LogP) is 4.97. The molecule has 29 heavy (non-hydrogen) atoms. The molecular formula is C20H16F3N3O2S. The van der Waals surface area contributed by atoms with Gasteiger partial charge in [0.15, 0.2) is 5.13 Å². The maximum Gasteiger partial charge on any atom is 0.416 e. The van der Waals surface area contributed by atoms with E-state index in [-0.39, 0.29) is 18.2 Å². The molecule has 0 atom stereocenters. The molecule has 0 aliphatic rings. The molecule has 2 aromatic carbocycles. The summed E-state index contributed by atoms with van der Waals surface area (Å²) in [7, 11) is 0. The Morgan fingerprint density at radius 3 is 2.24 bits per heavy atom. The number of hydrogen-bond donors (Lipinski definition) is 2. The molecule has 0 aliphatic carbocycles. The maximum absolute atomic E-state index is 12.6. The number of aromatic nitrogens is 1. The molecule has 1 aromatic heterocycles. The van der Waals surface area contributed by atoms with Gasteiger partial charge in [-0.2, -0.15) is 13.2 Å². The lowest BCUT2D eigenvalue weighted by atomic mass is 10.1. The van der Waals surface area contributed by atoms with Gasteiger partial charge in [-0.15, -0.1) is 11.3 Å². The van der Waals surface area contributed by atoms with Crippen molar-refractivity contribution >= 4 is 34.0 Å². The van der Waals surface area contributed by atoms with Gasteiger partial charge in [0.2, 0.25) is 11.8 Å². The van der Waals surface area contributed by atoms with Crippen LogP contribution >= 0.6 is 11.3 Å². The van der Waals surface area contributed by atoms with Gasteiger partial charge in [-0.3, -0.25) is 9.59 Å². The lowest BCUT2D eigenvalue weighted by molar-refractivity contribution is -0.137. The van der Waals surface area contributed by atoms with E-state index < -0.39 is 11.7 Å². The van der Waals surface area contributed by atoms with Crippen LogP contribution in [0.25, 0.3) is 11.3 Å². The van der Waals surface area contributed by atoms with E-state index in [0.29, 0.717) is 22.1 Å². The van der Waals surface area contributed by atoms with Crippen LogP contribution in [-0.2, 0) is 22.2 Å². The average molecular weight is 419 g/mol. The zero-order valence-corrected chi connectivity index (χ0v) is 16.0. The van der Waals surface area contributed by atoms with E-state index in [1.54, 1.807) is 29.6 Å². The third kappa shape index (κ3) is 5.64. The van der Waals surface area contributed by atoms with Crippen LogP contribution in [0.15, 0.2) is 53.9 Å². The Bertz CT molecular complexity index is 1010. The molecule has 9 heteroatoms. The Morgan fingerprint density at radius 2 is 1.66 bits per heavy atom. The SMILES string of the molecule is CC(=O)Nc1ccc(-c2csc(NC(=O)Cc3ccc(C(F)(F)F)cc3)n2)cc1. The van der Waals surface area contributed by atoms with Crippen molar-refractivity contribution in [3.05, 3.63) is 65.0 Å². The van der Waals surface area contributed by atoms with Crippen molar-refractivity contribution in [2.24, 2.45) is 0 Å². The summed E-state index contributed by atoms with van der Waals surface area (Å²) in [6.07, 6.45) is -4.46. The molecule has 150 valence electrons. The van der Waals surface area contributed by atoms with Crippen LogP contribution in [0, 0.1) is 0 Å². The first-order valence-electron chi connectivity index (χ1n) is 8.50. The zero-order chi connectivity index (χ0) is 21.0. The molecule has 0 radical (unpaired) electrons. The fraction of sp³-hybridized carbons (Fsp3) is 0.150. The summed E-state index contributed by atoms with van der Waals surface area (Å²) in [4.78, 5) is 27.6. The summed E-state index contributed by atoms with van der Waals surface area (Å²) in [5, 5.41) is 7.50. The van der Waals surface area contributed by atoms with Gasteiger partial charge >= 0.3 is 6.18 Å². The standard InChI is InChI=1S/C20H16F3N3O2S/c1-12(27)24-16-8-4-14(5-9-16)17-11-29-19(25-17)26-18(28)10-13-2-6-15(7-3-13)20(21,22)23/h2-9,11H,10H2,1H3,(H,24,27)(H,25,26,28). The van der Waals surface area contributed by atoms with Crippen LogP contribution in [0.4, 0.5) is 24.0 Å².